The highest BCUT2D eigenvalue weighted by atomic mass is 16.5. The number of carbonyl (C=O) groups excluding carboxylic acids is 1. The third kappa shape index (κ3) is 5.79. The van der Waals surface area contributed by atoms with E-state index in [1.807, 2.05) is 78.9 Å². The van der Waals surface area contributed by atoms with Gasteiger partial charge in [0.05, 0.1) is 5.56 Å². The van der Waals surface area contributed by atoms with Crippen molar-refractivity contribution in [2.24, 2.45) is 0 Å². The second-order valence-electron chi connectivity index (χ2n) is 8.96. The van der Waals surface area contributed by atoms with Crippen LogP contribution >= 0.6 is 0 Å². The lowest BCUT2D eigenvalue weighted by Gasteiger charge is -2.24. The zero-order chi connectivity index (χ0) is 23.9. The summed E-state index contributed by atoms with van der Waals surface area (Å²) in [7, 11) is 0. The highest BCUT2D eigenvalue weighted by Gasteiger charge is 2.20. The fourth-order valence-corrected chi connectivity index (χ4v) is 4.60. The molecule has 0 radical (unpaired) electrons. The van der Waals surface area contributed by atoms with Crippen LogP contribution in [-0.2, 0) is 6.61 Å². The summed E-state index contributed by atoms with van der Waals surface area (Å²) in [6.07, 6.45) is 2.15. The van der Waals surface area contributed by atoms with Crippen molar-refractivity contribution in [3.05, 3.63) is 120 Å². The van der Waals surface area contributed by atoms with Crippen molar-refractivity contribution in [3.8, 4) is 16.9 Å². The SMILES string of the molecule is O=C(Nc1cccc(-c2ccccc2)c1)c1cc(C2CCNCC2)ccc1OCc1ccccc1. The fraction of sp³-hybridized carbons (Fsp3) is 0.194. The topological polar surface area (TPSA) is 50.4 Å². The quantitative estimate of drug-likeness (QED) is 0.323. The Morgan fingerprint density at radius 1 is 0.800 bits per heavy atom. The van der Waals surface area contributed by atoms with Gasteiger partial charge in [0.25, 0.3) is 5.91 Å². The predicted molar refractivity (Wildman–Crippen MR) is 142 cm³/mol. The molecule has 4 heteroatoms. The summed E-state index contributed by atoms with van der Waals surface area (Å²) in [6, 6.07) is 34.2. The van der Waals surface area contributed by atoms with Crippen LogP contribution in [0.5, 0.6) is 5.75 Å². The monoisotopic (exact) mass is 462 g/mol. The van der Waals surface area contributed by atoms with Gasteiger partial charge < -0.3 is 15.4 Å². The second-order valence-corrected chi connectivity index (χ2v) is 8.96. The number of nitrogens with one attached hydrogen (secondary N) is 2. The van der Waals surface area contributed by atoms with Crippen molar-refractivity contribution < 1.29 is 9.53 Å². The van der Waals surface area contributed by atoms with E-state index in [0.29, 0.717) is 23.8 Å². The van der Waals surface area contributed by atoms with Crippen molar-refractivity contribution in [1.29, 1.82) is 0 Å². The molecule has 1 saturated heterocycles. The molecule has 4 aromatic carbocycles. The van der Waals surface area contributed by atoms with Gasteiger partial charge in [-0.15, -0.1) is 0 Å². The lowest BCUT2D eigenvalue weighted by atomic mass is 9.89. The maximum Gasteiger partial charge on any atom is 0.259 e. The van der Waals surface area contributed by atoms with Gasteiger partial charge in [0.1, 0.15) is 12.4 Å². The first-order valence-corrected chi connectivity index (χ1v) is 12.2. The van der Waals surface area contributed by atoms with Crippen LogP contribution in [0.1, 0.15) is 40.2 Å². The van der Waals surface area contributed by atoms with Gasteiger partial charge in [0, 0.05) is 5.69 Å². The Balaban J connectivity index is 1.41. The van der Waals surface area contributed by atoms with Gasteiger partial charge in [0.2, 0.25) is 0 Å². The minimum Gasteiger partial charge on any atom is -0.488 e. The van der Waals surface area contributed by atoms with E-state index in [-0.39, 0.29) is 5.91 Å². The van der Waals surface area contributed by atoms with Crippen LogP contribution in [0.2, 0.25) is 0 Å². The summed E-state index contributed by atoms with van der Waals surface area (Å²) in [5, 5.41) is 6.52. The Morgan fingerprint density at radius 2 is 1.51 bits per heavy atom. The average Bonchev–Trinajstić information content (AvgIpc) is 2.93. The number of ether oxygens (including phenoxy) is 1. The first-order valence-electron chi connectivity index (χ1n) is 12.2. The molecule has 35 heavy (non-hydrogen) atoms. The Kier molecular flexibility index (Phi) is 7.21. The van der Waals surface area contributed by atoms with Crippen LogP contribution in [0.15, 0.2) is 103 Å². The average molecular weight is 463 g/mol. The molecule has 0 aromatic heterocycles. The fourth-order valence-electron chi connectivity index (χ4n) is 4.60. The molecule has 4 aromatic rings. The molecule has 0 bridgehead atoms. The van der Waals surface area contributed by atoms with E-state index in [1.165, 1.54) is 5.56 Å². The van der Waals surface area contributed by atoms with Crippen LogP contribution < -0.4 is 15.4 Å². The molecule has 0 aliphatic carbocycles. The van der Waals surface area contributed by atoms with Gasteiger partial charge in [-0.1, -0.05) is 78.9 Å². The van der Waals surface area contributed by atoms with E-state index >= 15 is 0 Å². The molecule has 0 saturated carbocycles. The molecule has 1 aliphatic heterocycles. The molecule has 1 fully saturated rings. The number of carbonyl (C=O) groups is 1. The summed E-state index contributed by atoms with van der Waals surface area (Å²) in [4.78, 5) is 13.5. The van der Waals surface area contributed by atoms with Gasteiger partial charge >= 0.3 is 0 Å². The largest absolute Gasteiger partial charge is 0.488 e. The first-order chi connectivity index (χ1) is 17.3. The van der Waals surface area contributed by atoms with Crippen LogP contribution in [0.25, 0.3) is 11.1 Å². The number of rotatable bonds is 7. The van der Waals surface area contributed by atoms with E-state index in [4.69, 9.17) is 4.74 Å². The molecule has 2 N–H and O–H groups in total. The molecule has 1 heterocycles. The van der Waals surface area contributed by atoms with Gasteiger partial charge in [-0.3, -0.25) is 4.79 Å². The summed E-state index contributed by atoms with van der Waals surface area (Å²) in [5.74, 6) is 0.893. The third-order valence-corrected chi connectivity index (χ3v) is 6.52. The zero-order valence-corrected chi connectivity index (χ0v) is 19.7. The smallest absolute Gasteiger partial charge is 0.259 e. The predicted octanol–water partition coefficient (Wildman–Crippen LogP) is 6.65. The van der Waals surface area contributed by atoms with Gasteiger partial charge in [-0.05, 0) is 78.4 Å². The molecule has 1 aliphatic rings. The summed E-state index contributed by atoms with van der Waals surface area (Å²) in [6.45, 7) is 2.42. The Hall–Kier alpha value is -3.89. The number of hydrogen-bond donors (Lipinski definition) is 2. The van der Waals surface area contributed by atoms with Crippen LogP contribution in [-0.4, -0.2) is 19.0 Å². The number of piperidine rings is 1. The molecule has 0 unspecified atom stereocenters. The van der Waals surface area contributed by atoms with E-state index < -0.39 is 0 Å². The van der Waals surface area contributed by atoms with Gasteiger partial charge in [-0.2, -0.15) is 0 Å². The molecule has 176 valence electrons. The summed E-state index contributed by atoms with van der Waals surface area (Å²) < 4.78 is 6.14. The first kappa shape index (κ1) is 22.9. The molecule has 4 nitrogen and oxygen atoms in total. The maximum atomic E-state index is 13.5. The highest BCUT2D eigenvalue weighted by Crippen LogP contribution is 2.31. The molecule has 0 atom stereocenters. The minimum atomic E-state index is -0.158. The molecule has 5 rings (SSSR count). The Morgan fingerprint density at radius 3 is 2.29 bits per heavy atom. The van der Waals surface area contributed by atoms with E-state index in [2.05, 4.69) is 34.9 Å². The number of benzene rings is 4. The number of amides is 1. The van der Waals surface area contributed by atoms with Crippen molar-refractivity contribution in [1.82, 2.24) is 5.32 Å². The minimum absolute atomic E-state index is 0.158. The zero-order valence-electron chi connectivity index (χ0n) is 19.7. The molecular formula is C31H30N2O2. The lowest BCUT2D eigenvalue weighted by molar-refractivity contribution is 0.102. The van der Waals surface area contributed by atoms with E-state index in [1.54, 1.807) is 0 Å². The number of hydrogen-bond acceptors (Lipinski definition) is 3. The van der Waals surface area contributed by atoms with Gasteiger partial charge in [0.15, 0.2) is 0 Å². The third-order valence-electron chi connectivity index (χ3n) is 6.52. The van der Waals surface area contributed by atoms with Crippen LogP contribution in [0, 0.1) is 0 Å². The standard InChI is InChI=1S/C31H30N2O2/c34-31(33-28-13-7-12-26(20-28)24-10-5-2-6-11-24)29-21-27(25-16-18-32-19-17-25)14-15-30(29)35-22-23-8-3-1-4-9-23/h1-15,20-21,25,32H,16-19,22H2,(H,33,34). The van der Waals surface area contributed by atoms with Crippen molar-refractivity contribution in [2.75, 3.05) is 18.4 Å². The van der Waals surface area contributed by atoms with Gasteiger partial charge in [-0.25, -0.2) is 0 Å². The summed E-state index contributed by atoms with van der Waals surface area (Å²) in [5.41, 5.74) is 5.77. The lowest BCUT2D eigenvalue weighted by Crippen LogP contribution is -2.26. The van der Waals surface area contributed by atoms with Crippen LogP contribution in [0.3, 0.4) is 0 Å². The number of anilines is 1. The normalized spacial score (nSPS) is 13.8. The molecular weight excluding hydrogens is 432 g/mol. The van der Waals surface area contributed by atoms with Crippen molar-refractivity contribution in [2.45, 2.75) is 25.4 Å². The van der Waals surface area contributed by atoms with Crippen LogP contribution in [0.4, 0.5) is 5.69 Å². The molecule has 0 spiro atoms. The van der Waals surface area contributed by atoms with Crippen molar-refractivity contribution >= 4 is 11.6 Å². The van der Waals surface area contributed by atoms with Crippen molar-refractivity contribution in [3.63, 3.8) is 0 Å². The molecule has 1 amide bonds. The van der Waals surface area contributed by atoms with E-state index in [0.717, 1.165) is 48.3 Å². The Labute approximate surface area is 207 Å². The second kappa shape index (κ2) is 11.0. The highest BCUT2D eigenvalue weighted by molar-refractivity contribution is 6.06. The van der Waals surface area contributed by atoms with E-state index in [9.17, 15) is 4.79 Å². The Bertz CT molecular complexity index is 1270. The maximum absolute atomic E-state index is 13.5. The summed E-state index contributed by atoms with van der Waals surface area (Å²) >= 11 is 0.